The van der Waals surface area contributed by atoms with E-state index in [-0.39, 0.29) is 17.9 Å². The molecule has 1 saturated carbocycles. The average molecular weight is 339 g/mol. The Balaban J connectivity index is 1.54. The first-order chi connectivity index (χ1) is 12.3. The SMILES string of the molecule is O=C(C1CCCC2CNNC21)N(Cc1ccccc1)Cc1ccco1. The molecule has 1 amide bonds. The molecule has 5 nitrogen and oxygen atoms in total. The molecule has 3 atom stereocenters. The molecule has 1 aliphatic heterocycles. The molecule has 0 radical (unpaired) electrons. The van der Waals surface area contributed by atoms with Crippen molar-refractivity contribution in [3.8, 4) is 0 Å². The summed E-state index contributed by atoms with van der Waals surface area (Å²) in [5.41, 5.74) is 7.74. The van der Waals surface area contributed by atoms with Gasteiger partial charge in [0.05, 0.1) is 18.7 Å². The monoisotopic (exact) mass is 339 g/mol. The lowest BCUT2D eigenvalue weighted by atomic mass is 9.77. The van der Waals surface area contributed by atoms with Gasteiger partial charge in [0.15, 0.2) is 0 Å². The second-order valence-corrected chi connectivity index (χ2v) is 7.11. The Labute approximate surface area is 148 Å². The van der Waals surface area contributed by atoms with Crippen molar-refractivity contribution >= 4 is 5.91 Å². The van der Waals surface area contributed by atoms with Gasteiger partial charge in [-0.05, 0) is 36.5 Å². The minimum Gasteiger partial charge on any atom is -0.467 e. The zero-order valence-electron chi connectivity index (χ0n) is 14.4. The molecule has 25 heavy (non-hydrogen) atoms. The number of fused-ring (bicyclic) bond motifs is 1. The van der Waals surface area contributed by atoms with Gasteiger partial charge in [0.2, 0.25) is 5.91 Å². The summed E-state index contributed by atoms with van der Waals surface area (Å²) < 4.78 is 5.50. The van der Waals surface area contributed by atoms with Crippen molar-refractivity contribution in [2.45, 2.75) is 38.4 Å². The van der Waals surface area contributed by atoms with E-state index in [2.05, 4.69) is 23.0 Å². The van der Waals surface area contributed by atoms with Gasteiger partial charge < -0.3 is 9.32 Å². The number of carbonyl (C=O) groups excluding carboxylic acids is 1. The van der Waals surface area contributed by atoms with Crippen LogP contribution in [0.2, 0.25) is 0 Å². The molecule has 5 heteroatoms. The van der Waals surface area contributed by atoms with Crippen molar-refractivity contribution in [3.05, 3.63) is 60.1 Å². The van der Waals surface area contributed by atoms with Crippen LogP contribution in [0.3, 0.4) is 0 Å². The molecule has 2 fully saturated rings. The van der Waals surface area contributed by atoms with Crippen LogP contribution in [0.15, 0.2) is 53.1 Å². The highest BCUT2D eigenvalue weighted by Crippen LogP contribution is 2.33. The maximum Gasteiger partial charge on any atom is 0.228 e. The Hall–Kier alpha value is -2.11. The zero-order valence-corrected chi connectivity index (χ0v) is 14.4. The number of benzene rings is 1. The van der Waals surface area contributed by atoms with Crippen LogP contribution >= 0.6 is 0 Å². The van der Waals surface area contributed by atoms with Gasteiger partial charge >= 0.3 is 0 Å². The summed E-state index contributed by atoms with van der Waals surface area (Å²) >= 11 is 0. The van der Waals surface area contributed by atoms with Gasteiger partial charge in [0.25, 0.3) is 0 Å². The van der Waals surface area contributed by atoms with E-state index in [4.69, 9.17) is 4.42 Å². The van der Waals surface area contributed by atoms with Crippen LogP contribution in [0.5, 0.6) is 0 Å². The van der Waals surface area contributed by atoms with Crippen molar-refractivity contribution in [1.29, 1.82) is 0 Å². The summed E-state index contributed by atoms with van der Waals surface area (Å²) in [4.78, 5) is 15.3. The Morgan fingerprint density at radius 1 is 1.12 bits per heavy atom. The minimum absolute atomic E-state index is 0.0347. The molecular formula is C20H25N3O2. The minimum atomic E-state index is 0.0347. The molecule has 2 aliphatic rings. The number of nitrogens with one attached hydrogen (secondary N) is 2. The fraction of sp³-hybridized carbons (Fsp3) is 0.450. The number of hydrogen-bond donors (Lipinski definition) is 2. The molecule has 3 unspecified atom stereocenters. The quantitative estimate of drug-likeness (QED) is 0.879. The molecule has 2 heterocycles. The number of hydrazine groups is 1. The summed E-state index contributed by atoms with van der Waals surface area (Å²) in [6.07, 6.45) is 4.95. The van der Waals surface area contributed by atoms with Gasteiger partial charge in [-0.15, -0.1) is 0 Å². The van der Waals surface area contributed by atoms with E-state index in [1.54, 1.807) is 6.26 Å². The zero-order chi connectivity index (χ0) is 17.1. The van der Waals surface area contributed by atoms with E-state index < -0.39 is 0 Å². The van der Waals surface area contributed by atoms with E-state index in [0.29, 0.717) is 19.0 Å². The fourth-order valence-corrected chi connectivity index (χ4v) is 4.16. The Morgan fingerprint density at radius 2 is 2.00 bits per heavy atom. The normalized spacial score (nSPS) is 25.5. The summed E-state index contributed by atoms with van der Waals surface area (Å²) in [5, 5.41) is 0. The Bertz CT molecular complexity index is 686. The molecule has 1 aromatic heterocycles. The van der Waals surface area contributed by atoms with E-state index in [1.807, 2.05) is 35.2 Å². The molecule has 0 spiro atoms. The van der Waals surface area contributed by atoms with Crippen LogP contribution in [0.4, 0.5) is 0 Å². The smallest absolute Gasteiger partial charge is 0.228 e. The summed E-state index contributed by atoms with van der Waals surface area (Å²) in [6.45, 7) is 2.09. The first-order valence-corrected chi connectivity index (χ1v) is 9.15. The Morgan fingerprint density at radius 3 is 2.80 bits per heavy atom. The predicted octanol–water partition coefficient (Wildman–Crippen LogP) is 2.70. The fourth-order valence-electron chi connectivity index (χ4n) is 4.16. The molecule has 2 aromatic rings. The standard InChI is InChI=1S/C20H25N3O2/c24-20(18-10-4-8-16-12-21-22-19(16)18)23(14-17-9-5-11-25-17)13-15-6-2-1-3-7-15/h1-3,5-7,9,11,16,18-19,21-22H,4,8,10,12-14H2. The molecule has 132 valence electrons. The van der Waals surface area contributed by atoms with Crippen LogP contribution in [0.25, 0.3) is 0 Å². The largest absolute Gasteiger partial charge is 0.467 e. The van der Waals surface area contributed by atoms with Crippen molar-refractivity contribution in [3.63, 3.8) is 0 Å². The van der Waals surface area contributed by atoms with Gasteiger partial charge in [0, 0.05) is 19.1 Å². The number of hydrogen-bond acceptors (Lipinski definition) is 4. The first kappa shape index (κ1) is 16.4. The molecule has 2 N–H and O–H groups in total. The number of nitrogens with zero attached hydrogens (tertiary/aromatic N) is 1. The highest BCUT2D eigenvalue weighted by Gasteiger charge is 2.41. The molecule has 4 rings (SSSR count). The first-order valence-electron chi connectivity index (χ1n) is 9.15. The van der Waals surface area contributed by atoms with Crippen LogP contribution in [-0.2, 0) is 17.9 Å². The van der Waals surface area contributed by atoms with E-state index >= 15 is 0 Å². The van der Waals surface area contributed by atoms with Crippen LogP contribution in [-0.4, -0.2) is 23.4 Å². The predicted molar refractivity (Wildman–Crippen MR) is 95.2 cm³/mol. The van der Waals surface area contributed by atoms with Gasteiger partial charge in [0.1, 0.15) is 5.76 Å². The van der Waals surface area contributed by atoms with E-state index in [0.717, 1.165) is 30.7 Å². The molecule has 1 saturated heterocycles. The van der Waals surface area contributed by atoms with Gasteiger partial charge in [-0.2, -0.15) is 0 Å². The van der Waals surface area contributed by atoms with Crippen molar-refractivity contribution < 1.29 is 9.21 Å². The average Bonchev–Trinajstić information content (AvgIpc) is 3.32. The van der Waals surface area contributed by atoms with E-state index in [9.17, 15) is 4.79 Å². The molecular weight excluding hydrogens is 314 g/mol. The molecule has 0 bridgehead atoms. The highest BCUT2D eigenvalue weighted by molar-refractivity contribution is 5.79. The van der Waals surface area contributed by atoms with E-state index in [1.165, 1.54) is 6.42 Å². The Kier molecular flexibility index (Phi) is 4.85. The number of furan rings is 1. The van der Waals surface area contributed by atoms with Crippen LogP contribution in [0.1, 0.15) is 30.6 Å². The third kappa shape index (κ3) is 3.62. The van der Waals surface area contributed by atoms with Crippen molar-refractivity contribution in [2.75, 3.05) is 6.54 Å². The van der Waals surface area contributed by atoms with Crippen LogP contribution < -0.4 is 10.9 Å². The third-order valence-corrected chi connectivity index (χ3v) is 5.44. The van der Waals surface area contributed by atoms with Gasteiger partial charge in [-0.1, -0.05) is 36.8 Å². The second-order valence-electron chi connectivity index (χ2n) is 7.11. The summed E-state index contributed by atoms with van der Waals surface area (Å²) in [7, 11) is 0. The second kappa shape index (κ2) is 7.42. The third-order valence-electron chi connectivity index (χ3n) is 5.44. The summed E-state index contributed by atoms with van der Waals surface area (Å²) in [5.74, 6) is 1.65. The van der Waals surface area contributed by atoms with Crippen LogP contribution in [0, 0.1) is 11.8 Å². The lowest BCUT2D eigenvalue weighted by molar-refractivity contribution is -0.139. The van der Waals surface area contributed by atoms with Crippen molar-refractivity contribution in [1.82, 2.24) is 15.8 Å². The molecule has 1 aliphatic carbocycles. The maximum atomic E-state index is 13.4. The summed E-state index contributed by atoms with van der Waals surface area (Å²) in [6, 6.07) is 14.2. The van der Waals surface area contributed by atoms with Gasteiger partial charge in [-0.3, -0.25) is 15.6 Å². The number of rotatable bonds is 5. The highest BCUT2D eigenvalue weighted by atomic mass is 16.3. The number of amides is 1. The van der Waals surface area contributed by atoms with Crippen molar-refractivity contribution in [2.24, 2.45) is 11.8 Å². The lowest BCUT2D eigenvalue weighted by Gasteiger charge is -2.35. The number of carbonyl (C=O) groups is 1. The molecule has 1 aromatic carbocycles. The topological polar surface area (TPSA) is 57.5 Å². The van der Waals surface area contributed by atoms with Gasteiger partial charge in [-0.25, -0.2) is 0 Å². The lowest BCUT2D eigenvalue weighted by Crippen LogP contribution is -2.48. The maximum absolute atomic E-state index is 13.4.